The van der Waals surface area contributed by atoms with Gasteiger partial charge in [0.25, 0.3) is 0 Å². The van der Waals surface area contributed by atoms with Crippen LogP contribution in [-0.2, 0) is 0 Å². The smallest absolute Gasteiger partial charge is 0.142 e. The topological polar surface area (TPSA) is 60.2 Å². The van der Waals surface area contributed by atoms with E-state index in [1.165, 1.54) is 0 Å². The van der Waals surface area contributed by atoms with Crippen LogP contribution in [0.25, 0.3) is 0 Å². The quantitative estimate of drug-likeness (QED) is 0.820. The molecule has 19 heavy (non-hydrogen) atoms. The van der Waals surface area contributed by atoms with E-state index in [2.05, 4.69) is 10.3 Å². The third-order valence-corrected chi connectivity index (χ3v) is 2.69. The van der Waals surface area contributed by atoms with Gasteiger partial charge in [-0.15, -0.1) is 0 Å². The molecule has 3 N–H and O–H groups in total. The van der Waals surface area contributed by atoms with Gasteiger partial charge in [-0.05, 0) is 31.2 Å². The first kappa shape index (κ1) is 13.3. The molecule has 0 saturated carbocycles. The molecular formula is C14H15N3OS. The number of nitrogens with one attached hydrogen (secondary N) is 1. The van der Waals surface area contributed by atoms with Gasteiger partial charge in [0.05, 0.1) is 29.9 Å². The maximum absolute atomic E-state index is 5.55. The van der Waals surface area contributed by atoms with Gasteiger partial charge in [-0.25, -0.2) is 0 Å². The van der Waals surface area contributed by atoms with Gasteiger partial charge in [-0.1, -0.05) is 24.4 Å². The Hall–Kier alpha value is -2.14. The van der Waals surface area contributed by atoms with Crippen LogP contribution in [0.4, 0.5) is 11.4 Å². The Morgan fingerprint density at radius 3 is 2.74 bits per heavy atom. The Morgan fingerprint density at radius 2 is 2.11 bits per heavy atom. The lowest BCUT2D eigenvalue weighted by molar-refractivity contribution is 0.342. The van der Waals surface area contributed by atoms with Crippen molar-refractivity contribution in [2.24, 2.45) is 5.73 Å². The SMILES string of the molecule is CCOc1ccccc1Nc1ccc(C(N)=S)nc1. The molecular weight excluding hydrogens is 258 g/mol. The molecule has 1 aromatic heterocycles. The molecule has 0 fully saturated rings. The number of pyridine rings is 1. The molecule has 5 heteroatoms. The molecule has 1 heterocycles. The van der Waals surface area contributed by atoms with Crippen molar-refractivity contribution in [3.05, 3.63) is 48.3 Å². The van der Waals surface area contributed by atoms with Crippen molar-refractivity contribution >= 4 is 28.6 Å². The number of anilines is 2. The summed E-state index contributed by atoms with van der Waals surface area (Å²) in [7, 11) is 0. The molecule has 0 aliphatic heterocycles. The summed E-state index contributed by atoms with van der Waals surface area (Å²) in [4.78, 5) is 4.47. The van der Waals surface area contributed by atoms with Crippen molar-refractivity contribution < 1.29 is 4.74 Å². The van der Waals surface area contributed by atoms with E-state index in [1.807, 2.05) is 37.3 Å². The Kier molecular flexibility index (Phi) is 4.30. The number of hydrogen-bond acceptors (Lipinski definition) is 4. The van der Waals surface area contributed by atoms with E-state index in [1.54, 1.807) is 12.3 Å². The number of aromatic nitrogens is 1. The molecule has 2 aromatic rings. The van der Waals surface area contributed by atoms with Crippen molar-refractivity contribution in [2.75, 3.05) is 11.9 Å². The molecule has 0 aliphatic rings. The maximum Gasteiger partial charge on any atom is 0.142 e. The first-order valence-corrected chi connectivity index (χ1v) is 6.36. The first-order chi connectivity index (χ1) is 9.20. The van der Waals surface area contributed by atoms with Crippen LogP contribution in [0.5, 0.6) is 5.75 Å². The molecule has 0 spiro atoms. The third-order valence-electron chi connectivity index (χ3n) is 2.48. The fourth-order valence-electron chi connectivity index (χ4n) is 1.62. The molecule has 0 atom stereocenters. The van der Waals surface area contributed by atoms with E-state index in [0.717, 1.165) is 17.1 Å². The zero-order chi connectivity index (χ0) is 13.7. The highest BCUT2D eigenvalue weighted by Crippen LogP contribution is 2.27. The average molecular weight is 273 g/mol. The van der Waals surface area contributed by atoms with Gasteiger partial charge >= 0.3 is 0 Å². The van der Waals surface area contributed by atoms with Gasteiger partial charge in [0.2, 0.25) is 0 Å². The van der Waals surface area contributed by atoms with E-state index in [4.69, 9.17) is 22.7 Å². The summed E-state index contributed by atoms with van der Waals surface area (Å²) in [6, 6.07) is 11.4. The van der Waals surface area contributed by atoms with Crippen molar-refractivity contribution in [3.8, 4) is 5.75 Å². The lowest BCUT2D eigenvalue weighted by atomic mass is 10.2. The minimum Gasteiger partial charge on any atom is -0.492 e. The molecule has 4 nitrogen and oxygen atoms in total. The zero-order valence-corrected chi connectivity index (χ0v) is 11.4. The summed E-state index contributed by atoms with van der Waals surface area (Å²) in [6.07, 6.45) is 1.69. The molecule has 0 unspecified atom stereocenters. The van der Waals surface area contributed by atoms with Crippen molar-refractivity contribution in [1.29, 1.82) is 0 Å². The Bertz CT molecular complexity index is 569. The van der Waals surface area contributed by atoms with Gasteiger partial charge < -0.3 is 15.8 Å². The number of nitrogens with two attached hydrogens (primary N) is 1. The summed E-state index contributed by atoms with van der Waals surface area (Å²) < 4.78 is 5.55. The first-order valence-electron chi connectivity index (χ1n) is 5.95. The van der Waals surface area contributed by atoms with Crippen molar-refractivity contribution in [2.45, 2.75) is 6.92 Å². The van der Waals surface area contributed by atoms with Gasteiger partial charge in [0.15, 0.2) is 0 Å². The second-order valence-electron chi connectivity index (χ2n) is 3.85. The molecule has 0 amide bonds. The predicted molar refractivity (Wildman–Crippen MR) is 81.0 cm³/mol. The number of hydrogen-bond donors (Lipinski definition) is 2. The minimum atomic E-state index is 0.293. The van der Waals surface area contributed by atoms with Crippen LogP contribution >= 0.6 is 12.2 Å². The fourth-order valence-corrected chi connectivity index (χ4v) is 1.74. The number of rotatable bonds is 5. The van der Waals surface area contributed by atoms with Crippen molar-refractivity contribution in [3.63, 3.8) is 0 Å². The highest BCUT2D eigenvalue weighted by Gasteiger charge is 2.03. The highest BCUT2D eigenvalue weighted by atomic mass is 32.1. The number of para-hydroxylation sites is 2. The van der Waals surface area contributed by atoms with Gasteiger partial charge in [0, 0.05) is 0 Å². The second-order valence-corrected chi connectivity index (χ2v) is 4.29. The van der Waals surface area contributed by atoms with E-state index in [0.29, 0.717) is 17.3 Å². The van der Waals surface area contributed by atoms with E-state index >= 15 is 0 Å². The van der Waals surface area contributed by atoms with E-state index in [9.17, 15) is 0 Å². The second kappa shape index (κ2) is 6.15. The molecule has 0 bridgehead atoms. The number of nitrogens with zero attached hydrogens (tertiary/aromatic N) is 1. The van der Waals surface area contributed by atoms with Crippen LogP contribution in [0, 0.1) is 0 Å². The zero-order valence-electron chi connectivity index (χ0n) is 10.6. The number of ether oxygens (including phenoxy) is 1. The summed E-state index contributed by atoms with van der Waals surface area (Å²) in [5.74, 6) is 0.809. The third kappa shape index (κ3) is 3.42. The van der Waals surface area contributed by atoms with Crippen LogP contribution in [0.3, 0.4) is 0 Å². The van der Waals surface area contributed by atoms with Gasteiger partial charge in [0.1, 0.15) is 10.7 Å². The van der Waals surface area contributed by atoms with Crippen LogP contribution in [0.15, 0.2) is 42.6 Å². The number of thiocarbonyl (C=S) groups is 1. The van der Waals surface area contributed by atoms with Crippen LogP contribution < -0.4 is 15.8 Å². The van der Waals surface area contributed by atoms with Crippen molar-refractivity contribution in [1.82, 2.24) is 4.98 Å². The predicted octanol–water partition coefficient (Wildman–Crippen LogP) is 2.86. The summed E-state index contributed by atoms with van der Waals surface area (Å²) in [5.41, 5.74) is 7.87. The standard InChI is InChI=1S/C14H15N3OS/c1-2-18-13-6-4-3-5-11(13)17-10-7-8-12(14(15)19)16-9-10/h3-9,17H,2H2,1H3,(H2,15,19). The highest BCUT2D eigenvalue weighted by molar-refractivity contribution is 7.80. The van der Waals surface area contributed by atoms with Crippen LogP contribution in [0.1, 0.15) is 12.6 Å². The molecule has 1 aromatic carbocycles. The van der Waals surface area contributed by atoms with Crippen LogP contribution in [0.2, 0.25) is 0 Å². The monoisotopic (exact) mass is 273 g/mol. The fraction of sp³-hybridized carbons (Fsp3) is 0.143. The van der Waals surface area contributed by atoms with E-state index < -0.39 is 0 Å². The average Bonchev–Trinajstić information content (AvgIpc) is 2.42. The Labute approximate surface area is 117 Å². The molecule has 0 aliphatic carbocycles. The van der Waals surface area contributed by atoms with Gasteiger partial charge in [-0.2, -0.15) is 0 Å². The minimum absolute atomic E-state index is 0.293. The van der Waals surface area contributed by atoms with Gasteiger partial charge in [-0.3, -0.25) is 4.98 Å². The molecule has 0 radical (unpaired) electrons. The lowest BCUT2D eigenvalue weighted by Crippen LogP contribution is -2.11. The normalized spacial score (nSPS) is 9.95. The summed E-state index contributed by atoms with van der Waals surface area (Å²) in [6.45, 7) is 2.58. The van der Waals surface area contributed by atoms with Crippen LogP contribution in [-0.4, -0.2) is 16.6 Å². The molecule has 98 valence electrons. The summed E-state index contributed by atoms with van der Waals surface area (Å²) in [5, 5.41) is 3.25. The Balaban J connectivity index is 2.19. The van der Waals surface area contributed by atoms with E-state index in [-0.39, 0.29) is 0 Å². The maximum atomic E-state index is 5.55. The largest absolute Gasteiger partial charge is 0.492 e. The lowest BCUT2D eigenvalue weighted by Gasteiger charge is -2.12. The molecule has 2 rings (SSSR count). The summed E-state index contributed by atoms with van der Waals surface area (Å²) >= 11 is 4.87. The molecule has 0 saturated heterocycles. The Morgan fingerprint density at radius 1 is 1.32 bits per heavy atom. The number of benzene rings is 1.